The number of hydrazine groups is 1. The van der Waals surface area contributed by atoms with Gasteiger partial charge in [-0.15, -0.1) is 0 Å². The van der Waals surface area contributed by atoms with Gasteiger partial charge < -0.3 is 10.7 Å². The first-order valence-electron chi connectivity index (χ1n) is 3.48. The van der Waals surface area contributed by atoms with E-state index < -0.39 is 0 Å². The van der Waals surface area contributed by atoms with E-state index in [2.05, 4.69) is 23.9 Å². The van der Waals surface area contributed by atoms with Crippen LogP contribution in [-0.4, -0.2) is 23.2 Å². The van der Waals surface area contributed by atoms with Crippen molar-refractivity contribution >= 4 is 29.1 Å². The molecule has 0 bridgehead atoms. The van der Waals surface area contributed by atoms with Crippen LogP contribution in [0.2, 0.25) is 0 Å². The SMILES string of the molecule is CSC(C)CCNC(=S)NN. The summed E-state index contributed by atoms with van der Waals surface area (Å²) in [4.78, 5) is 0. The lowest BCUT2D eigenvalue weighted by Gasteiger charge is -2.09. The Morgan fingerprint density at radius 2 is 2.36 bits per heavy atom. The van der Waals surface area contributed by atoms with Crippen LogP contribution in [0.4, 0.5) is 0 Å². The molecule has 0 radical (unpaired) electrons. The van der Waals surface area contributed by atoms with Crippen molar-refractivity contribution in [3.8, 4) is 0 Å². The number of thiocarbonyl (C=S) groups is 1. The molecule has 5 heteroatoms. The summed E-state index contributed by atoms with van der Waals surface area (Å²) in [7, 11) is 0. The third-order valence-corrected chi connectivity index (χ3v) is 2.67. The van der Waals surface area contributed by atoms with Crippen molar-refractivity contribution < 1.29 is 0 Å². The summed E-state index contributed by atoms with van der Waals surface area (Å²) in [5, 5.41) is 4.16. The quantitative estimate of drug-likeness (QED) is 0.344. The highest BCUT2D eigenvalue weighted by atomic mass is 32.2. The molecule has 0 aromatic heterocycles. The molecule has 66 valence electrons. The molecule has 0 aliphatic heterocycles. The van der Waals surface area contributed by atoms with Gasteiger partial charge in [-0.05, 0) is 24.9 Å². The summed E-state index contributed by atoms with van der Waals surface area (Å²) < 4.78 is 0. The lowest BCUT2D eigenvalue weighted by atomic mass is 10.3. The van der Waals surface area contributed by atoms with E-state index in [0.717, 1.165) is 13.0 Å². The number of nitrogens with two attached hydrogens (primary N) is 1. The van der Waals surface area contributed by atoms with E-state index >= 15 is 0 Å². The van der Waals surface area contributed by atoms with Crippen LogP contribution in [-0.2, 0) is 0 Å². The van der Waals surface area contributed by atoms with Crippen LogP contribution in [0.15, 0.2) is 0 Å². The highest BCUT2D eigenvalue weighted by Gasteiger charge is 1.98. The molecule has 0 heterocycles. The molecule has 0 spiro atoms. The Morgan fingerprint density at radius 1 is 1.73 bits per heavy atom. The molecular formula is C6H15N3S2. The molecule has 1 atom stereocenters. The lowest BCUT2D eigenvalue weighted by Crippen LogP contribution is -2.40. The zero-order valence-corrected chi connectivity index (χ0v) is 8.52. The van der Waals surface area contributed by atoms with Crippen LogP contribution in [0.3, 0.4) is 0 Å². The predicted octanol–water partition coefficient (Wildman–Crippen LogP) is 0.466. The van der Waals surface area contributed by atoms with Gasteiger partial charge in [0, 0.05) is 11.8 Å². The number of nitrogens with one attached hydrogen (secondary N) is 2. The van der Waals surface area contributed by atoms with Crippen LogP contribution in [0.1, 0.15) is 13.3 Å². The number of hydrogen-bond donors (Lipinski definition) is 3. The molecule has 0 aliphatic carbocycles. The van der Waals surface area contributed by atoms with Gasteiger partial charge in [0.15, 0.2) is 5.11 Å². The van der Waals surface area contributed by atoms with Crippen molar-refractivity contribution in [1.29, 1.82) is 0 Å². The summed E-state index contributed by atoms with van der Waals surface area (Å²) in [6.45, 7) is 3.07. The highest BCUT2D eigenvalue weighted by Crippen LogP contribution is 2.07. The Balaban J connectivity index is 3.20. The molecule has 0 saturated carbocycles. The van der Waals surface area contributed by atoms with Crippen LogP contribution in [0.5, 0.6) is 0 Å². The Hall–Kier alpha value is -0.0000000000000000486. The Kier molecular flexibility index (Phi) is 6.69. The second kappa shape index (κ2) is 6.69. The molecular weight excluding hydrogens is 178 g/mol. The van der Waals surface area contributed by atoms with Gasteiger partial charge in [0.2, 0.25) is 0 Å². The van der Waals surface area contributed by atoms with E-state index in [1.165, 1.54) is 0 Å². The third kappa shape index (κ3) is 6.40. The molecule has 1 unspecified atom stereocenters. The molecule has 0 aliphatic rings. The zero-order chi connectivity index (χ0) is 8.69. The Morgan fingerprint density at radius 3 is 2.82 bits per heavy atom. The molecule has 11 heavy (non-hydrogen) atoms. The van der Waals surface area contributed by atoms with Crippen LogP contribution in [0.25, 0.3) is 0 Å². The highest BCUT2D eigenvalue weighted by molar-refractivity contribution is 7.99. The Bertz CT molecular complexity index is 118. The maximum absolute atomic E-state index is 5.06. The average Bonchev–Trinajstić information content (AvgIpc) is 2.04. The standard InChI is InChI=1S/C6H15N3S2/c1-5(11-2)3-4-8-6(10)9-7/h5H,3-4,7H2,1-2H3,(H2,8,9,10). The monoisotopic (exact) mass is 193 g/mol. The smallest absolute Gasteiger partial charge is 0.180 e. The first-order chi connectivity index (χ1) is 5.20. The second-order valence-corrected chi connectivity index (χ2v) is 3.92. The third-order valence-electron chi connectivity index (χ3n) is 1.37. The summed E-state index contributed by atoms with van der Waals surface area (Å²) in [6, 6.07) is 0. The minimum atomic E-state index is 0.512. The van der Waals surface area contributed by atoms with Crippen molar-refractivity contribution in [3.63, 3.8) is 0 Å². The zero-order valence-electron chi connectivity index (χ0n) is 6.89. The van der Waals surface area contributed by atoms with Crippen molar-refractivity contribution in [1.82, 2.24) is 10.7 Å². The molecule has 0 aromatic rings. The summed E-state index contributed by atoms with van der Waals surface area (Å²) in [5.41, 5.74) is 2.37. The lowest BCUT2D eigenvalue weighted by molar-refractivity contribution is 0.757. The van der Waals surface area contributed by atoms with Gasteiger partial charge in [0.05, 0.1) is 0 Å². The van der Waals surface area contributed by atoms with Crippen LogP contribution in [0, 0.1) is 0 Å². The molecule has 0 aromatic carbocycles. The minimum Gasteiger partial charge on any atom is -0.362 e. The molecule has 0 saturated heterocycles. The molecule has 0 rings (SSSR count). The minimum absolute atomic E-state index is 0.512. The van der Waals surface area contributed by atoms with E-state index in [-0.39, 0.29) is 0 Å². The second-order valence-electron chi connectivity index (χ2n) is 2.24. The maximum atomic E-state index is 5.06. The largest absolute Gasteiger partial charge is 0.362 e. The molecule has 0 amide bonds. The molecule has 4 N–H and O–H groups in total. The summed E-state index contributed by atoms with van der Waals surface area (Å²) in [6.07, 6.45) is 3.20. The van der Waals surface area contributed by atoms with Gasteiger partial charge in [-0.1, -0.05) is 6.92 Å². The number of hydrogen-bond acceptors (Lipinski definition) is 3. The number of thioether (sulfide) groups is 1. The average molecular weight is 193 g/mol. The summed E-state index contributed by atoms with van der Waals surface area (Å²) in [5.74, 6) is 5.06. The van der Waals surface area contributed by atoms with Gasteiger partial charge in [0.25, 0.3) is 0 Å². The first-order valence-corrected chi connectivity index (χ1v) is 5.17. The van der Waals surface area contributed by atoms with E-state index in [9.17, 15) is 0 Å². The van der Waals surface area contributed by atoms with Crippen LogP contribution < -0.4 is 16.6 Å². The fourth-order valence-electron chi connectivity index (χ4n) is 0.558. The predicted molar refractivity (Wildman–Crippen MR) is 55.5 cm³/mol. The topological polar surface area (TPSA) is 50.1 Å². The van der Waals surface area contributed by atoms with Crippen molar-refractivity contribution in [2.75, 3.05) is 12.8 Å². The first kappa shape index (κ1) is 11.0. The fraction of sp³-hybridized carbons (Fsp3) is 0.833. The van der Waals surface area contributed by atoms with Gasteiger partial charge in [-0.2, -0.15) is 11.8 Å². The Labute approximate surface area is 77.5 Å². The van der Waals surface area contributed by atoms with Gasteiger partial charge >= 0.3 is 0 Å². The van der Waals surface area contributed by atoms with Gasteiger partial charge in [-0.25, -0.2) is 5.84 Å². The van der Waals surface area contributed by atoms with Gasteiger partial charge in [-0.3, -0.25) is 0 Å². The normalized spacial score (nSPS) is 12.3. The molecule has 3 nitrogen and oxygen atoms in total. The maximum Gasteiger partial charge on any atom is 0.180 e. The van der Waals surface area contributed by atoms with Crippen molar-refractivity contribution in [2.45, 2.75) is 18.6 Å². The van der Waals surface area contributed by atoms with Gasteiger partial charge in [0.1, 0.15) is 0 Å². The fourth-order valence-corrected chi connectivity index (χ4v) is 1.01. The summed E-state index contributed by atoms with van der Waals surface area (Å²) >= 11 is 6.64. The van der Waals surface area contributed by atoms with Crippen molar-refractivity contribution in [2.24, 2.45) is 5.84 Å². The number of rotatable bonds is 4. The molecule has 0 fully saturated rings. The van der Waals surface area contributed by atoms with E-state index in [4.69, 9.17) is 18.1 Å². The van der Waals surface area contributed by atoms with E-state index in [1.807, 2.05) is 11.8 Å². The van der Waals surface area contributed by atoms with Crippen LogP contribution >= 0.6 is 24.0 Å². The van der Waals surface area contributed by atoms with Crippen molar-refractivity contribution in [3.05, 3.63) is 0 Å². The van der Waals surface area contributed by atoms with E-state index in [1.54, 1.807) is 0 Å². The van der Waals surface area contributed by atoms with E-state index in [0.29, 0.717) is 10.4 Å².